The topological polar surface area (TPSA) is 73.1 Å². The molecule has 3 rings (SSSR count). The molecule has 0 fully saturated rings. The molecule has 8 heteroatoms. The first-order valence-corrected chi connectivity index (χ1v) is 8.03. The van der Waals surface area contributed by atoms with Crippen LogP contribution in [0, 0.1) is 11.6 Å². The summed E-state index contributed by atoms with van der Waals surface area (Å²) < 4.78 is 28.2. The van der Waals surface area contributed by atoms with Gasteiger partial charge in [-0.25, -0.2) is 13.6 Å². The molecule has 6 nitrogen and oxygen atoms in total. The first-order valence-electron chi connectivity index (χ1n) is 8.03. The van der Waals surface area contributed by atoms with Crippen LogP contribution < -0.4 is 16.6 Å². The summed E-state index contributed by atoms with van der Waals surface area (Å²) in [5.41, 5.74) is -0.403. The summed E-state index contributed by atoms with van der Waals surface area (Å²) in [6.45, 7) is -0.308. The molecule has 1 aromatic heterocycles. The Morgan fingerprint density at radius 3 is 2.41 bits per heavy atom. The molecule has 0 radical (unpaired) electrons. The molecule has 0 saturated heterocycles. The summed E-state index contributed by atoms with van der Waals surface area (Å²) in [5, 5.41) is 2.33. The Morgan fingerprint density at radius 2 is 1.70 bits per heavy atom. The fraction of sp³-hybridized carbons (Fsp3) is 0.105. The van der Waals surface area contributed by atoms with Crippen LogP contribution >= 0.6 is 0 Å². The summed E-state index contributed by atoms with van der Waals surface area (Å²) in [4.78, 5) is 36.6. The number of nitrogens with one attached hydrogen (secondary N) is 1. The number of rotatable bonds is 5. The zero-order chi connectivity index (χ0) is 19.4. The molecule has 1 amide bonds. The van der Waals surface area contributed by atoms with Crippen molar-refractivity contribution < 1.29 is 13.6 Å². The minimum atomic E-state index is -1.12. The van der Waals surface area contributed by atoms with Crippen LogP contribution in [0.15, 0.2) is 70.4 Å². The van der Waals surface area contributed by atoms with Crippen LogP contribution in [0.3, 0.4) is 0 Å². The first-order chi connectivity index (χ1) is 12.9. The van der Waals surface area contributed by atoms with Gasteiger partial charge in [-0.3, -0.25) is 18.7 Å². The number of halogens is 2. The van der Waals surface area contributed by atoms with Crippen molar-refractivity contribution in [1.29, 1.82) is 0 Å². The maximum atomic E-state index is 13.2. The lowest BCUT2D eigenvalue weighted by molar-refractivity contribution is -0.116. The lowest BCUT2D eigenvalue weighted by atomic mass is 10.2. The number of nitrogens with zero attached hydrogens (tertiary/aromatic N) is 2. The molecule has 2 aromatic carbocycles. The van der Waals surface area contributed by atoms with Gasteiger partial charge < -0.3 is 5.32 Å². The van der Waals surface area contributed by atoms with Gasteiger partial charge in [-0.2, -0.15) is 0 Å². The van der Waals surface area contributed by atoms with E-state index in [1.54, 1.807) is 0 Å². The van der Waals surface area contributed by atoms with Crippen molar-refractivity contribution in [3.63, 3.8) is 0 Å². The Kier molecular flexibility index (Phi) is 5.25. The van der Waals surface area contributed by atoms with Crippen molar-refractivity contribution >= 4 is 11.6 Å². The summed E-state index contributed by atoms with van der Waals surface area (Å²) >= 11 is 0. The van der Waals surface area contributed by atoms with Crippen LogP contribution in [0.4, 0.5) is 14.5 Å². The Morgan fingerprint density at radius 1 is 0.963 bits per heavy atom. The highest BCUT2D eigenvalue weighted by atomic mass is 19.2. The average Bonchev–Trinajstić information content (AvgIpc) is 2.65. The van der Waals surface area contributed by atoms with Crippen LogP contribution in [-0.2, 0) is 17.9 Å². The molecule has 0 spiro atoms. The molecule has 0 aliphatic rings. The van der Waals surface area contributed by atoms with Gasteiger partial charge in [-0.15, -0.1) is 0 Å². The summed E-state index contributed by atoms with van der Waals surface area (Å²) in [6.07, 6.45) is 1.36. The van der Waals surface area contributed by atoms with Crippen LogP contribution in [0.25, 0.3) is 0 Å². The number of carbonyl (C=O) groups is 1. The molecule has 0 unspecified atom stereocenters. The molecule has 27 heavy (non-hydrogen) atoms. The maximum Gasteiger partial charge on any atom is 0.331 e. The molecule has 0 saturated carbocycles. The van der Waals surface area contributed by atoms with Gasteiger partial charge in [0.25, 0.3) is 5.56 Å². The van der Waals surface area contributed by atoms with E-state index in [-0.39, 0.29) is 12.2 Å². The second-order valence-corrected chi connectivity index (χ2v) is 5.81. The van der Waals surface area contributed by atoms with Crippen molar-refractivity contribution in [2.24, 2.45) is 0 Å². The first kappa shape index (κ1) is 18.2. The van der Waals surface area contributed by atoms with Gasteiger partial charge in [0, 0.05) is 24.0 Å². The van der Waals surface area contributed by atoms with Crippen LogP contribution in [0.1, 0.15) is 5.56 Å². The van der Waals surface area contributed by atoms with Gasteiger partial charge in [-0.05, 0) is 17.7 Å². The maximum absolute atomic E-state index is 13.2. The minimum Gasteiger partial charge on any atom is -0.324 e. The van der Waals surface area contributed by atoms with Crippen molar-refractivity contribution in [2.75, 3.05) is 5.32 Å². The van der Waals surface area contributed by atoms with Crippen molar-refractivity contribution in [3.8, 4) is 0 Å². The van der Waals surface area contributed by atoms with Crippen LogP contribution in [0.2, 0.25) is 0 Å². The standard InChI is InChI=1S/C19H15F2N3O3/c20-15-7-6-14(10-16(15)21)22-17(25)12-24-18(26)8-9-23(19(24)27)11-13-4-2-1-3-5-13/h1-10H,11-12H2,(H,22,25). The van der Waals surface area contributed by atoms with Gasteiger partial charge in [-0.1, -0.05) is 30.3 Å². The van der Waals surface area contributed by atoms with E-state index >= 15 is 0 Å². The van der Waals surface area contributed by atoms with Gasteiger partial charge in [0.05, 0.1) is 6.54 Å². The Labute approximate surface area is 152 Å². The fourth-order valence-corrected chi connectivity index (χ4v) is 2.52. The molecule has 3 aromatic rings. The molecular weight excluding hydrogens is 356 g/mol. The van der Waals surface area contributed by atoms with E-state index in [0.29, 0.717) is 0 Å². The van der Waals surface area contributed by atoms with E-state index in [2.05, 4.69) is 5.32 Å². The fourth-order valence-electron chi connectivity index (χ4n) is 2.52. The molecule has 0 bridgehead atoms. The average molecular weight is 371 g/mol. The second-order valence-electron chi connectivity index (χ2n) is 5.81. The van der Waals surface area contributed by atoms with Gasteiger partial charge in [0.15, 0.2) is 11.6 Å². The van der Waals surface area contributed by atoms with E-state index < -0.39 is 35.3 Å². The van der Waals surface area contributed by atoms with E-state index in [0.717, 1.165) is 22.3 Å². The molecule has 0 aliphatic carbocycles. The van der Waals surface area contributed by atoms with Crippen LogP contribution in [0.5, 0.6) is 0 Å². The number of anilines is 1. The van der Waals surface area contributed by atoms with E-state index in [1.807, 2.05) is 30.3 Å². The highest BCUT2D eigenvalue weighted by molar-refractivity contribution is 5.90. The zero-order valence-electron chi connectivity index (χ0n) is 14.1. The molecular formula is C19H15F2N3O3. The third-order valence-electron chi connectivity index (χ3n) is 3.84. The van der Waals surface area contributed by atoms with Gasteiger partial charge in [0.1, 0.15) is 6.54 Å². The third kappa shape index (κ3) is 4.35. The van der Waals surface area contributed by atoms with Gasteiger partial charge in [0.2, 0.25) is 5.91 Å². The Hall–Kier alpha value is -3.55. The summed E-state index contributed by atoms with van der Waals surface area (Å²) in [6, 6.07) is 13.2. The molecule has 0 atom stereocenters. The number of amides is 1. The molecule has 138 valence electrons. The molecule has 0 aliphatic heterocycles. The van der Waals surface area contributed by atoms with Crippen molar-refractivity contribution in [1.82, 2.24) is 9.13 Å². The third-order valence-corrected chi connectivity index (χ3v) is 3.84. The number of aromatic nitrogens is 2. The number of carbonyl (C=O) groups excluding carboxylic acids is 1. The van der Waals surface area contributed by atoms with Gasteiger partial charge >= 0.3 is 5.69 Å². The largest absolute Gasteiger partial charge is 0.331 e. The summed E-state index contributed by atoms with van der Waals surface area (Å²) in [5.74, 6) is -2.87. The predicted molar refractivity (Wildman–Crippen MR) is 95.5 cm³/mol. The number of hydrogen-bond donors (Lipinski definition) is 1. The van der Waals surface area contributed by atoms with E-state index in [9.17, 15) is 23.2 Å². The molecule has 1 heterocycles. The Bertz CT molecular complexity index is 1090. The Balaban J connectivity index is 1.80. The zero-order valence-corrected chi connectivity index (χ0v) is 14.1. The monoisotopic (exact) mass is 371 g/mol. The highest BCUT2D eigenvalue weighted by Crippen LogP contribution is 2.12. The van der Waals surface area contributed by atoms with E-state index in [1.165, 1.54) is 22.9 Å². The minimum absolute atomic E-state index is 0.0208. The van der Waals surface area contributed by atoms with Crippen molar-refractivity contribution in [3.05, 3.63) is 98.8 Å². The lowest BCUT2D eigenvalue weighted by Crippen LogP contribution is -2.41. The SMILES string of the molecule is O=C(Cn1c(=O)ccn(Cc2ccccc2)c1=O)Nc1ccc(F)c(F)c1. The molecule has 1 N–H and O–H groups in total. The normalized spacial score (nSPS) is 10.6. The quantitative estimate of drug-likeness (QED) is 0.745. The predicted octanol–water partition coefficient (Wildman–Crippen LogP) is 1.98. The van der Waals surface area contributed by atoms with Crippen molar-refractivity contribution in [2.45, 2.75) is 13.1 Å². The second kappa shape index (κ2) is 7.77. The van der Waals surface area contributed by atoms with Crippen LogP contribution in [-0.4, -0.2) is 15.0 Å². The summed E-state index contributed by atoms with van der Waals surface area (Å²) in [7, 11) is 0. The number of benzene rings is 2. The van der Waals surface area contributed by atoms with E-state index in [4.69, 9.17) is 0 Å². The number of hydrogen-bond acceptors (Lipinski definition) is 3. The lowest BCUT2D eigenvalue weighted by Gasteiger charge is -2.10. The highest BCUT2D eigenvalue weighted by Gasteiger charge is 2.12. The smallest absolute Gasteiger partial charge is 0.324 e.